The minimum absolute atomic E-state index is 0.269. The molecule has 138 valence electrons. The van der Waals surface area contributed by atoms with E-state index in [1.165, 1.54) is 22.1 Å². The van der Waals surface area contributed by atoms with Crippen molar-refractivity contribution in [2.24, 2.45) is 0 Å². The van der Waals surface area contributed by atoms with Gasteiger partial charge < -0.3 is 5.32 Å². The molecule has 0 spiro atoms. The van der Waals surface area contributed by atoms with Gasteiger partial charge in [-0.2, -0.15) is 0 Å². The molecule has 0 saturated heterocycles. The van der Waals surface area contributed by atoms with Gasteiger partial charge in [-0.05, 0) is 67.1 Å². The van der Waals surface area contributed by atoms with Gasteiger partial charge in [0, 0.05) is 17.8 Å². The fourth-order valence-corrected chi connectivity index (χ4v) is 3.80. The largest absolute Gasteiger partial charge is 0.322 e. The van der Waals surface area contributed by atoms with Gasteiger partial charge in [-0.15, -0.1) is 0 Å². The van der Waals surface area contributed by atoms with E-state index in [1.54, 1.807) is 12.1 Å². The summed E-state index contributed by atoms with van der Waals surface area (Å²) in [5.41, 5.74) is 4.47. The minimum atomic E-state index is -0.310. The standard InChI is InChI=1S/C22H22N2O3/c1-2-3-11-24-21(26)18-10-8-16(13-19(18)22(24)27)20(25)23-17-9-7-14-5-4-6-15(14)12-17/h7-10,12-13H,2-6,11H2,1H3,(H,23,25). The first-order chi connectivity index (χ1) is 13.1. The molecule has 5 nitrogen and oxygen atoms in total. The van der Waals surface area contributed by atoms with Crippen molar-refractivity contribution in [2.75, 3.05) is 11.9 Å². The van der Waals surface area contributed by atoms with Crippen molar-refractivity contribution in [3.8, 4) is 0 Å². The van der Waals surface area contributed by atoms with Crippen LogP contribution in [0.5, 0.6) is 0 Å². The van der Waals surface area contributed by atoms with E-state index in [0.29, 0.717) is 23.2 Å². The SMILES string of the molecule is CCCCN1C(=O)c2ccc(C(=O)Nc3ccc4c(c3)CCC4)cc2C1=O. The molecule has 5 heteroatoms. The first kappa shape index (κ1) is 17.5. The third-order valence-electron chi connectivity index (χ3n) is 5.32. The number of hydrogen-bond donors (Lipinski definition) is 1. The van der Waals surface area contributed by atoms with Crippen molar-refractivity contribution in [3.63, 3.8) is 0 Å². The molecular formula is C22H22N2O3. The van der Waals surface area contributed by atoms with Crippen LogP contribution in [0, 0.1) is 0 Å². The second kappa shape index (κ2) is 6.99. The molecule has 1 N–H and O–H groups in total. The molecule has 27 heavy (non-hydrogen) atoms. The predicted octanol–water partition coefficient (Wildman–Crippen LogP) is 3.82. The Labute approximate surface area is 158 Å². The summed E-state index contributed by atoms with van der Waals surface area (Å²) in [6, 6.07) is 10.7. The van der Waals surface area contributed by atoms with Gasteiger partial charge in [0.25, 0.3) is 17.7 Å². The van der Waals surface area contributed by atoms with Crippen LogP contribution in [0.4, 0.5) is 5.69 Å². The lowest BCUT2D eigenvalue weighted by atomic mass is 10.0. The van der Waals surface area contributed by atoms with E-state index >= 15 is 0 Å². The van der Waals surface area contributed by atoms with Gasteiger partial charge in [0.15, 0.2) is 0 Å². The van der Waals surface area contributed by atoms with E-state index < -0.39 is 0 Å². The Kier molecular flexibility index (Phi) is 4.52. The number of imide groups is 1. The Bertz CT molecular complexity index is 949. The Balaban J connectivity index is 1.54. The van der Waals surface area contributed by atoms with E-state index in [4.69, 9.17) is 0 Å². The van der Waals surface area contributed by atoms with Crippen molar-refractivity contribution in [2.45, 2.75) is 39.0 Å². The minimum Gasteiger partial charge on any atom is -0.322 e. The monoisotopic (exact) mass is 362 g/mol. The van der Waals surface area contributed by atoms with Crippen LogP contribution in [0.1, 0.15) is 68.4 Å². The van der Waals surface area contributed by atoms with Crippen molar-refractivity contribution >= 4 is 23.4 Å². The molecule has 0 radical (unpaired) electrons. The van der Waals surface area contributed by atoms with Gasteiger partial charge in [0.2, 0.25) is 0 Å². The zero-order valence-corrected chi connectivity index (χ0v) is 15.4. The number of nitrogens with one attached hydrogen (secondary N) is 1. The van der Waals surface area contributed by atoms with Gasteiger partial charge in [0.05, 0.1) is 11.1 Å². The number of unbranched alkanes of at least 4 members (excludes halogenated alkanes) is 1. The van der Waals surface area contributed by atoms with Crippen LogP contribution in [-0.4, -0.2) is 29.2 Å². The fourth-order valence-electron chi connectivity index (χ4n) is 3.80. The summed E-state index contributed by atoms with van der Waals surface area (Å²) in [7, 11) is 0. The zero-order valence-electron chi connectivity index (χ0n) is 15.4. The maximum atomic E-state index is 12.6. The number of nitrogens with zero attached hydrogens (tertiary/aromatic N) is 1. The molecule has 1 aliphatic heterocycles. The number of hydrogen-bond acceptors (Lipinski definition) is 3. The highest BCUT2D eigenvalue weighted by Gasteiger charge is 2.35. The third kappa shape index (κ3) is 3.14. The molecule has 0 saturated carbocycles. The van der Waals surface area contributed by atoms with Gasteiger partial charge in [-0.1, -0.05) is 19.4 Å². The second-order valence-corrected chi connectivity index (χ2v) is 7.17. The molecule has 3 amide bonds. The quantitative estimate of drug-likeness (QED) is 0.822. The number of fused-ring (bicyclic) bond motifs is 2. The normalized spacial score (nSPS) is 15.1. The van der Waals surface area contributed by atoms with Crippen molar-refractivity contribution in [3.05, 3.63) is 64.2 Å². The highest BCUT2D eigenvalue weighted by atomic mass is 16.2. The fraction of sp³-hybridized carbons (Fsp3) is 0.318. The van der Waals surface area contributed by atoms with Crippen LogP contribution < -0.4 is 5.32 Å². The lowest BCUT2D eigenvalue weighted by molar-refractivity contribution is 0.0652. The molecule has 0 unspecified atom stereocenters. The smallest absolute Gasteiger partial charge is 0.261 e. The first-order valence-electron chi connectivity index (χ1n) is 9.52. The molecular weight excluding hydrogens is 340 g/mol. The summed E-state index contributed by atoms with van der Waals surface area (Å²) in [5, 5.41) is 2.90. The van der Waals surface area contributed by atoms with E-state index in [9.17, 15) is 14.4 Å². The van der Waals surface area contributed by atoms with E-state index in [2.05, 4.69) is 11.4 Å². The number of benzene rings is 2. The van der Waals surface area contributed by atoms with Crippen LogP contribution in [0.25, 0.3) is 0 Å². The summed E-state index contributed by atoms with van der Waals surface area (Å²) in [6.45, 7) is 2.43. The van der Waals surface area contributed by atoms with Gasteiger partial charge in [0.1, 0.15) is 0 Å². The molecule has 2 aliphatic rings. The van der Waals surface area contributed by atoms with Gasteiger partial charge in [-0.25, -0.2) is 0 Å². The molecule has 2 aromatic carbocycles. The van der Waals surface area contributed by atoms with Crippen LogP contribution in [0.3, 0.4) is 0 Å². The molecule has 0 atom stereocenters. The summed E-state index contributed by atoms with van der Waals surface area (Å²) >= 11 is 0. The average Bonchev–Trinajstić information content (AvgIpc) is 3.23. The Morgan fingerprint density at radius 1 is 1.00 bits per heavy atom. The molecule has 1 aliphatic carbocycles. The first-order valence-corrected chi connectivity index (χ1v) is 9.52. The molecule has 0 aromatic heterocycles. The lowest BCUT2D eigenvalue weighted by Crippen LogP contribution is -2.30. The number of aryl methyl sites for hydroxylation is 2. The van der Waals surface area contributed by atoms with E-state index in [1.807, 2.05) is 19.1 Å². The number of anilines is 1. The van der Waals surface area contributed by atoms with Crippen LogP contribution >= 0.6 is 0 Å². The molecule has 1 heterocycles. The van der Waals surface area contributed by atoms with E-state index in [0.717, 1.165) is 37.8 Å². The maximum Gasteiger partial charge on any atom is 0.261 e. The van der Waals surface area contributed by atoms with E-state index in [-0.39, 0.29) is 17.7 Å². The van der Waals surface area contributed by atoms with Crippen molar-refractivity contribution < 1.29 is 14.4 Å². The third-order valence-corrected chi connectivity index (χ3v) is 5.32. The second-order valence-electron chi connectivity index (χ2n) is 7.17. The van der Waals surface area contributed by atoms with Gasteiger partial charge >= 0.3 is 0 Å². The molecule has 0 bridgehead atoms. The summed E-state index contributed by atoms with van der Waals surface area (Å²) in [4.78, 5) is 38.9. The average molecular weight is 362 g/mol. The highest BCUT2D eigenvalue weighted by Crippen LogP contribution is 2.27. The molecule has 0 fully saturated rings. The van der Waals surface area contributed by atoms with Crippen LogP contribution in [0.2, 0.25) is 0 Å². The number of amides is 3. The topological polar surface area (TPSA) is 66.5 Å². The number of carbonyl (C=O) groups is 3. The summed E-state index contributed by atoms with van der Waals surface area (Å²) in [5.74, 6) is -0.854. The maximum absolute atomic E-state index is 12.6. The Morgan fingerprint density at radius 3 is 2.59 bits per heavy atom. The zero-order chi connectivity index (χ0) is 19.0. The summed E-state index contributed by atoms with van der Waals surface area (Å²) < 4.78 is 0. The van der Waals surface area contributed by atoms with Gasteiger partial charge in [-0.3, -0.25) is 19.3 Å². The van der Waals surface area contributed by atoms with Crippen molar-refractivity contribution in [1.82, 2.24) is 4.90 Å². The molecule has 4 rings (SSSR count). The lowest BCUT2D eigenvalue weighted by Gasteiger charge is -2.12. The highest BCUT2D eigenvalue weighted by molar-refractivity contribution is 6.22. The summed E-state index contributed by atoms with van der Waals surface area (Å²) in [6.07, 6.45) is 4.97. The molecule has 2 aromatic rings. The van der Waals surface area contributed by atoms with Crippen LogP contribution in [-0.2, 0) is 12.8 Å². The Morgan fingerprint density at radius 2 is 1.78 bits per heavy atom. The Hall–Kier alpha value is -2.95. The predicted molar refractivity (Wildman–Crippen MR) is 103 cm³/mol. The van der Waals surface area contributed by atoms with Crippen molar-refractivity contribution in [1.29, 1.82) is 0 Å². The number of carbonyl (C=O) groups excluding carboxylic acids is 3. The number of rotatable bonds is 5. The van der Waals surface area contributed by atoms with Crippen LogP contribution in [0.15, 0.2) is 36.4 Å².